The van der Waals surface area contributed by atoms with Crippen molar-refractivity contribution in [2.24, 2.45) is 0 Å². The van der Waals surface area contributed by atoms with Gasteiger partial charge in [-0.2, -0.15) is 4.98 Å². The van der Waals surface area contributed by atoms with Crippen LogP contribution in [0.5, 0.6) is 0 Å². The number of hydrogen-bond donors (Lipinski definition) is 1. The van der Waals surface area contributed by atoms with Crippen molar-refractivity contribution in [3.8, 4) is 0 Å². The molecule has 7 nitrogen and oxygen atoms in total. The fraction of sp³-hybridized carbons (Fsp3) is 0.304. The Hall–Kier alpha value is -3.48. The van der Waals surface area contributed by atoms with Crippen molar-refractivity contribution in [3.63, 3.8) is 0 Å². The second-order valence-electron chi connectivity index (χ2n) is 7.40. The van der Waals surface area contributed by atoms with Gasteiger partial charge in [-0.1, -0.05) is 30.3 Å². The zero-order valence-electron chi connectivity index (χ0n) is 17.7. The Morgan fingerprint density at radius 2 is 1.80 bits per heavy atom. The van der Waals surface area contributed by atoms with E-state index in [1.165, 1.54) is 4.57 Å². The average molecular weight is 406 g/mol. The minimum absolute atomic E-state index is 0.117. The number of carbonyl (C=O) groups is 1. The van der Waals surface area contributed by atoms with Gasteiger partial charge in [0.1, 0.15) is 5.56 Å². The van der Waals surface area contributed by atoms with E-state index in [1.807, 2.05) is 50.2 Å². The average Bonchev–Trinajstić information content (AvgIpc) is 2.70. The van der Waals surface area contributed by atoms with Crippen LogP contribution in [-0.2, 0) is 6.54 Å². The maximum Gasteiger partial charge on any atom is 0.348 e. The molecule has 1 N–H and O–H groups in total. The number of aryl methyl sites for hydroxylation is 3. The van der Waals surface area contributed by atoms with Gasteiger partial charge in [0.25, 0.3) is 11.5 Å². The quantitative estimate of drug-likeness (QED) is 0.681. The molecule has 0 saturated carbocycles. The molecule has 0 fully saturated rings. The SMILES string of the molecule is Cc1cc(C)n(CCNC(=O)c2c(C)ccn(C(C)c3ccccc3)c2=O)c(=O)n1. The Bertz CT molecular complexity index is 1180. The summed E-state index contributed by atoms with van der Waals surface area (Å²) in [6.07, 6.45) is 1.72. The molecule has 1 atom stereocenters. The first-order chi connectivity index (χ1) is 14.3. The van der Waals surface area contributed by atoms with Gasteiger partial charge < -0.3 is 9.88 Å². The highest BCUT2D eigenvalue weighted by molar-refractivity contribution is 5.95. The Morgan fingerprint density at radius 3 is 2.47 bits per heavy atom. The summed E-state index contributed by atoms with van der Waals surface area (Å²) in [4.78, 5) is 41.8. The van der Waals surface area contributed by atoms with E-state index in [2.05, 4.69) is 10.3 Å². The van der Waals surface area contributed by atoms with Crippen LogP contribution in [0.15, 0.2) is 58.3 Å². The molecule has 0 aliphatic rings. The molecule has 1 unspecified atom stereocenters. The summed E-state index contributed by atoms with van der Waals surface area (Å²) in [6, 6.07) is 13.0. The molecule has 1 aromatic carbocycles. The minimum atomic E-state index is -0.446. The van der Waals surface area contributed by atoms with Gasteiger partial charge in [-0.3, -0.25) is 14.2 Å². The molecule has 156 valence electrons. The van der Waals surface area contributed by atoms with Gasteiger partial charge in [0.2, 0.25) is 0 Å². The summed E-state index contributed by atoms with van der Waals surface area (Å²) in [6.45, 7) is 7.75. The molecule has 2 aromatic heterocycles. The fourth-order valence-electron chi connectivity index (χ4n) is 3.53. The van der Waals surface area contributed by atoms with E-state index in [0.717, 1.165) is 11.3 Å². The van der Waals surface area contributed by atoms with E-state index < -0.39 is 5.91 Å². The highest BCUT2D eigenvalue weighted by Crippen LogP contribution is 2.16. The first-order valence-electron chi connectivity index (χ1n) is 9.89. The van der Waals surface area contributed by atoms with E-state index in [9.17, 15) is 14.4 Å². The lowest BCUT2D eigenvalue weighted by Crippen LogP contribution is -2.37. The van der Waals surface area contributed by atoms with Crippen LogP contribution in [0.1, 0.15) is 45.8 Å². The lowest BCUT2D eigenvalue weighted by Gasteiger charge is -2.18. The molecule has 1 amide bonds. The number of amides is 1. The number of nitrogens with one attached hydrogen (secondary N) is 1. The Morgan fingerprint density at radius 1 is 1.10 bits per heavy atom. The van der Waals surface area contributed by atoms with Crippen molar-refractivity contribution in [1.29, 1.82) is 0 Å². The van der Waals surface area contributed by atoms with Crippen LogP contribution in [0.4, 0.5) is 0 Å². The third-order valence-corrected chi connectivity index (χ3v) is 5.22. The van der Waals surface area contributed by atoms with E-state index in [0.29, 0.717) is 11.3 Å². The Kier molecular flexibility index (Phi) is 6.30. The third kappa shape index (κ3) is 4.40. The van der Waals surface area contributed by atoms with E-state index in [1.54, 1.807) is 30.7 Å². The van der Waals surface area contributed by atoms with Crippen molar-refractivity contribution in [2.45, 2.75) is 40.3 Å². The van der Waals surface area contributed by atoms with Crippen LogP contribution in [0.25, 0.3) is 0 Å². The molecule has 0 spiro atoms. The molecular formula is C23H26N4O3. The summed E-state index contributed by atoms with van der Waals surface area (Å²) >= 11 is 0. The van der Waals surface area contributed by atoms with Crippen molar-refractivity contribution in [1.82, 2.24) is 19.4 Å². The molecule has 30 heavy (non-hydrogen) atoms. The zero-order chi connectivity index (χ0) is 21.8. The zero-order valence-corrected chi connectivity index (χ0v) is 17.7. The van der Waals surface area contributed by atoms with Crippen molar-refractivity contribution in [3.05, 3.63) is 97.6 Å². The van der Waals surface area contributed by atoms with E-state index in [-0.39, 0.29) is 35.9 Å². The molecule has 0 radical (unpaired) electrons. The fourth-order valence-corrected chi connectivity index (χ4v) is 3.53. The Labute approximate surface area is 175 Å². The Balaban J connectivity index is 1.80. The number of rotatable bonds is 6. The summed E-state index contributed by atoms with van der Waals surface area (Å²) in [7, 11) is 0. The monoisotopic (exact) mass is 406 g/mol. The lowest BCUT2D eigenvalue weighted by molar-refractivity contribution is 0.0949. The molecule has 0 saturated heterocycles. The topological polar surface area (TPSA) is 86.0 Å². The summed E-state index contributed by atoms with van der Waals surface area (Å²) in [5, 5.41) is 2.76. The normalized spacial score (nSPS) is 11.9. The van der Waals surface area contributed by atoms with E-state index >= 15 is 0 Å². The van der Waals surface area contributed by atoms with Crippen LogP contribution >= 0.6 is 0 Å². The number of nitrogens with zero attached hydrogens (tertiary/aromatic N) is 3. The van der Waals surface area contributed by atoms with Gasteiger partial charge in [-0.25, -0.2) is 4.79 Å². The predicted octanol–water partition coefficient (Wildman–Crippen LogP) is 2.37. The first kappa shape index (κ1) is 21.2. The number of carbonyl (C=O) groups excluding carboxylic acids is 1. The lowest BCUT2D eigenvalue weighted by atomic mass is 10.1. The van der Waals surface area contributed by atoms with Crippen molar-refractivity contribution in [2.75, 3.05) is 6.54 Å². The highest BCUT2D eigenvalue weighted by Gasteiger charge is 2.18. The predicted molar refractivity (Wildman–Crippen MR) is 116 cm³/mol. The van der Waals surface area contributed by atoms with Gasteiger partial charge in [-0.05, 0) is 51.0 Å². The molecule has 3 aromatic rings. The summed E-state index contributed by atoms with van der Waals surface area (Å²) in [5.74, 6) is -0.446. The van der Waals surface area contributed by atoms with Gasteiger partial charge in [0.05, 0.1) is 6.04 Å². The van der Waals surface area contributed by atoms with E-state index in [4.69, 9.17) is 0 Å². The molecule has 3 rings (SSSR count). The minimum Gasteiger partial charge on any atom is -0.350 e. The molecule has 0 bridgehead atoms. The van der Waals surface area contributed by atoms with Crippen LogP contribution in [-0.4, -0.2) is 26.6 Å². The third-order valence-electron chi connectivity index (χ3n) is 5.22. The van der Waals surface area contributed by atoms with Gasteiger partial charge in [0, 0.05) is 30.7 Å². The number of pyridine rings is 1. The molecule has 7 heteroatoms. The van der Waals surface area contributed by atoms with Crippen molar-refractivity contribution < 1.29 is 4.79 Å². The number of aromatic nitrogens is 3. The van der Waals surface area contributed by atoms with Crippen LogP contribution in [0, 0.1) is 20.8 Å². The smallest absolute Gasteiger partial charge is 0.348 e. The van der Waals surface area contributed by atoms with Gasteiger partial charge >= 0.3 is 5.69 Å². The van der Waals surface area contributed by atoms with Crippen LogP contribution in [0.2, 0.25) is 0 Å². The summed E-state index contributed by atoms with van der Waals surface area (Å²) in [5.41, 5.74) is 2.45. The second kappa shape index (κ2) is 8.90. The maximum atomic E-state index is 13.1. The van der Waals surface area contributed by atoms with Crippen LogP contribution in [0.3, 0.4) is 0 Å². The number of benzene rings is 1. The maximum absolute atomic E-state index is 13.1. The summed E-state index contributed by atoms with van der Waals surface area (Å²) < 4.78 is 3.07. The van der Waals surface area contributed by atoms with Gasteiger partial charge in [-0.15, -0.1) is 0 Å². The van der Waals surface area contributed by atoms with Crippen LogP contribution < -0.4 is 16.6 Å². The largest absolute Gasteiger partial charge is 0.350 e. The second-order valence-corrected chi connectivity index (χ2v) is 7.40. The highest BCUT2D eigenvalue weighted by atomic mass is 16.2. The molecule has 0 aliphatic heterocycles. The molecule has 0 aliphatic carbocycles. The molecular weight excluding hydrogens is 380 g/mol. The molecule has 2 heterocycles. The van der Waals surface area contributed by atoms with Gasteiger partial charge in [0.15, 0.2) is 0 Å². The van der Waals surface area contributed by atoms with Crippen molar-refractivity contribution >= 4 is 5.91 Å². The standard InChI is InChI=1S/C23H26N4O3/c1-15-10-12-27(18(4)19-8-6-5-7-9-19)22(29)20(15)21(28)24-11-13-26-17(3)14-16(2)25-23(26)30/h5-10,12,14,18H,11,13H2,1-4H3,(H,24,28). The first-order valence-corrected chi connectivity index (χ1v) is 9.89. The number of hydrogen-bond acceptors (Lipinski definition) is 4.